The van der Waals surface area contributed by atoms with E-state index in [-0.39, 0.29) is 31.2 Å². The number of nitrogens with two attached hydrogens (primary N) is 1. The minimum absolute atomic E-state index is 0.0747. The molecule has 0 heterocycles. The van der Waals surface area contributed by atoms with Crippen molar-refractivity contribution in [1.29, 1.82) is 0 Å². The summed E-state index contributed by atoms with van der Waals surface area (Å²) in [6, 6.07) is 31.6. The van der Waals surface area contributed by atoms with Crippen LogP contribution in [-0.2, 0) is 45.2 Å². The molecule has 6 atom stereocenters. The van der Waals surface area contributed by atoms with Crippen molar-refractivity contribution < 1.29 is 38.1 Å². The molecule has 0 saturated heterocycles. The number of methoxy groups -OCH3 is 1. The third-order valence-corrected chi connectivity index (χ3v) is 12.7. The molecule has 3 aliphatic carbocycles. The van der Waals surface area contributed by atoms with E-state index >= 15 is 0 Å². The number of ether oxygens (including phenoxy) is 5. The first-order valence-electron chi connectivity index (χ1n) is 20.8. The van der Waals surface area contributed by atoms with E-state index in [9.17, 15) is 14.4 Å². The number of hydrogen-bond acceptors (Lipinski definition) is 9. The molecule has 0 spiro atoms. The zero-order chi connectivity index (χ0) is 40.5. The second kappa shape index (κ2) is 18.9. The number of esters is 1. The van der Waals surface area contributed by atoms with E-state index < -0.39 is 24.2 Å². The van der Waals surface area contributed by atoms with Gasteiger partial charge in [-0.15, -0.1) is 0 Å². The minimum atomic E-state index is -1.25. The van der Waals surface area contributed by atoms with Crippen LogP contribution in [0.5, 0.6) is 11.5 Å². The molecule has 7 rings (SSSR count). The van der Waals surface area contributed by atoms with E-state index in [4.69, 9.17) is 29.4 Å². The van der Waals surface area contributed by atoms with Crippen LogP contribution >= 0.6 is 0 Å². The number of unbranched alkanes of at least 4 members (excludes halogenated alkanes) is 1. The zero-order valence-corrected chi connectivity index (χ0v) is 33.7. The van der Waals surface area contributed by atoms with Crippen molar-refractivity contribution in [2.24, 2.45) is 23.0 Å². The Balaban J connectivity index is 1.07. The smallest absolute Gasteiger partial charge is 0.420 e. The van der Waals surface area contributed by atoms with Crippen LogP contribution < -0.4 is 15.2 Å². The van der Waals surface area contributed by atoms with E-state index in [1.54, 1.807) is 7.11 Å². The molecule has 2 N–H and O–H groups in total. The van der Waals surface area contributed by atoms with Gasteiger partial charge in [0.25, 0.3) is 0 Å². The van der Waals surface area contributed by atoms with Gasteiger partial charge in [-0.05, 0) is 122 Å². The maximum atomic E-state index is 14.5. The van der Waals surface area contributed by atoms with Crippen LogP contribution in [0.1, 0.15) is 92.0 Å². The van der Waals surface area contributed by atoms with Crippen LogP contribution in [0.4, 0.5) is 9.59 Å². The lowest BCUT2D eigenvalue weighted by Crippen LogP contribution is -2.52. The van der Waals surface area contributed by atoms with Gasteiger partial charge in [0, 0.05) is 5.41 Å². The van der Waals surface area contributed by atoms with Gasteiger partial charge in [0.05, 0.1) is 7.11 Å². The Morgan fingerprint density at radius 2 is 1.36 bits per heavy atom. The average Bonchev–Trinajstić information content (AvgIpc) is 3.59. The van der Waals surface area contributed by atoms with Crippen LogP contribution in [-0.4, -0.2) is 48.9 Å². The highest BCUT2D eigenvalue weighted by Crippen LogP contribution is 2.62. The number of benzene rings is 4. The number of amides is 2. The van der Waals surface area contributed by atoms with Crippen molar-refractivity contribution in [2.75, 3.05) is 13.7 Å². The molecule has 58 heavy (non-hydrogen) atoms. The third-order valence-electron chi connectivity index (χ3n) is 12.7. The molecule has 306 valence electrons. The maximum Gasteiger partial charge on any atom is 0.420 e. The fourth-order valence-electron chi connectivity index (χ4n) is 9.69. The van der Waals surface area contributed by atoms with E-state index in [1.165, 1.54) is 11.1 Å². The molecule has 10 nitrogen and oxygen atoms in total. The van der Waals surface area contributed by atoms with Gasteiger partial charge in [0.2, 0.25) is 0 Å². The number of rotatable bonds is 15. The van der Waals surface area contributed by atoms with Crippen LogP contribution in [0.3, 0.4) is 0 Å². The molecule has 4 aromatic rings. The van der Waals surface area contributed by atoms with Gasteiger partial charge in [-0.3, -0.25) is 0 Å². The van der Waals surface area contributed by atoms with Gasteiger partial charge in [-0.2, -0.15) is 4.90 Å². The average molecular weight is 789 g/mol. The standard InChI is InChI=1S/C48H56N2O8/c1-48-26-25-37-38(22-21-36-28-43(42(54-2)29-39(36)37)55-30-33-14-6-3-7-15-33)40(48)23-24-44(48)58-45(51)41(20-12-13-27-49)50(46(52)56-31-34-16-8-4-9-17-34)47(53)57-32-35-18-10-5-11-19-35/h3-11,14-19,28-29,37-38,40-41,44H,12-13,20-27,30-32,49H2,1-2H3/t37-,38+,40-,41-,44-,48-/m0/s1. The van der Waals surface area contributed by atoms with Gasteiger partial charge in [0.1, 0.15) is 32.0 Å². The normalized spacial score (nSPS) is 22.3. The van der Waals surface area contributed by atoms with Crippen LogP contribution in [0.15, 0.2) is 103 Å². The second-order valence-corrected chi connectivity index (χ2v) is 16.2. The van der Waals surface area contributed by atoms with Crippen LogP contribution in [0, 0.1) is 17.3 Å². The fourth-order valence-corrected chi connectivity index (χ4v) is 9.69. The van der Waals surface area contributed by atoms with E-state index in [2.05, 4.69) is 31.2 Å². The molecule has 4 aromatic carbocycles. The summed E-state index contributed by atoms with van der Waals surface area (Å²) in [4.78, 5) is 43.0. The summed E-state index contributed by atoms with van der Waals surface area (Å²) in [5, 5.41) is 0. The lowest BCUT2D eigenvalue weighted by Gasteiger charge is -2.50. The molecule has 0 aliphatic heterocycles. The molecular weight excluding hydrogens is 733 g/mol. The van der Waals surface area contributed by atoms with Gasteiger partial charge < -0.3 is 29.4 Å². The molecule has 0 unspecified atom stereocenters. The summed E-state index contributed by atoms with van der Waals surface area (Å²) in [6.07, 6.45) is 4.45. The summed E-state index contributed by atoms with van der Waals surface area (Å²) in [5.74, 6) is 2.02. The lowest BCUT2D eigenvalue weighted by atomic mass is 9.55. The highest BCUT2D eigenvalue weighted by Gasteiger charge is 2.57. The van der Waals surface area contributed by atoms with E-state index in [0.717, 1.165) is 65.2 Å². The molecule has 2 saturated carbocycles. The minimum Gasteiger partial charge on any atom is -0.493 e. The topological polar surface area (TPSA) is 127 Å². The fraction of sp³-hybridized carbons (Fsp3) is 0.438. The Morgan fingerprint density at radius 3 is 1.95 bits per heavy atom. The summed E-state index contributed by atoms with van der Waals surface area (Å²) < 4.78 is 30.0. The Hall–Kier alpha value is -5.35. The summed E-state index contributed by atoms with van der Waals surface area (Å²) in [7, 11) is 1.70. The predicted octanol–water partition coefficient (Wildman–Crippen LogP) is 9.52. The van der Waals surface area contributed by atoms with E-state index in [1.807, 2.05) is 78.9 Å². The predicted molar refractivity (Wildman–Crippen MR) is 220 cm³/mol. The van der Waals surface area contributed by atoms with Gasteiger partial charge in [0.15, 0.2) is 11.5 Å². The molecule has 2 fully saturated rings. The highest BCUT2D eigenvalue weighted by atomic mass is 16.6. The lowest BCUT2D eigenvalue weighted by molar-refractivity contribution is -0.163. The first-order chi connectivity index (χ1) is 28.3. The highest BCUT2D eigenvalue weighted by molar-refractivity contribution is 5.94. The van der Waals surface area contributed by atoms with Crippen LogP contribution in [0.25, 0.3) is 0 Å². The van der Waals surface area contributed by atoms with Gasteiger partial charge >= 0.3 is 18.2 Å². The number of aryl methyl sites for hydroxylation is 1. The molecule has 0 bridgehead atoms. The number of imide groups is 1. The molecule has 0 radical (unpaired) electrons. The van der Waals surface area contributed by atoms with Gasteiger partial charge in [-0.1, -0.05) is 97.9 Å². The van der Waals surface area contributed by atoms with Crippen LogP contribution in [0.2, 0.25) is 0 Å². The quantitative estimate of drug-likeness (QED) is 0.0712. The Labute approximate surface area is 341 Å². The summed E-state index contributed by atoms with van der Waals surface area (Å²) >= 11 is 0. The SMILES string of the molecule is COc1cc2c(cc1OCc1ccccc1)CC[C@@H]1[C@@H]2CC[C@]2(C)[C@@H](OC(=O)[C@H](CCCCN)N(C(=O)OCc3ccccc3)C(=O)OCc3ccccc3)CC[C@@H]12. The summed E-state index contributed by atoms with van der Waals surface area (Å²) in [5.41, 5.74) is 10.8. The molecule has 10 heteroatoms. The van der Waals surface area contributed by atoms with Crippen molar-refractivity contribution >= 4 is 18.2 Å². The number of carbonyl (C=O) groups excluding carboxylic acids is 3. The first-order valence-corrected chi connectivity index (χ1v) is 20.8. The van der Waals surface area contributed by atoms with Crippen molar-refractivity contribution in [3.05, 3.63) is 131 Å². The largest absolute Gasteiger partial charge is 0.493 e. The molecule has 3 aliphatic rings. The molecule has 2 amide bonds. The van der Waals surface area contributed by atoms with Crippen molar-refractivity contribution in [2.45, 2.75) is 103 Å². The second-order valence-electron chi connectivity index (χ2n) is 16.2. The zero-order valence-electron chi connectivity index (χ0n) is 33.7. The van der Waals surface area contributed by atoms with Gasteiger partial charge in [-0.25, -0.2) is 14.4 Å². The molecular formula is C48H56N2O8. The number of hydrogen-bond donors (Lipinski definition) is 1. The summed E-state index contributed by atoms with van der Waals surface area (Å²) in [6.45, 7) is 2.99. The Morgan fingerprint density at radius 1 is 0.759 bits per heavy atom. The van der Waals surface area contributed by atoms with Crippen molar-refractivity contribution in [3.63, 3.8) is 0 Å². The number of nitrogens with zero attached hydrogens (tertiary/aromatic N) is 1. The Bertz CT molecular complexity index is 1940. The first kappa shape index (κ1) is 40.8. The monoisotopic (exact) mass is 788 g/mol. The number of carbonyl (C=O) groups is 3. The third kappa shape index (κ3) is 9.18. The van der Waals surface area contributed by atoms with E-state index in [0.29, 0.717) is 50.2 Å². The maximum absolute atomic E-state index is 14.5. The number of fused-ring (bicyclic) bond motifs is 5. The van der Waals surface area contributed by atoms with Crippen molar-refractivity contribution in [3.8, 4) is 11.5 Å². The van der Waals surface area contributed by atoms with Crippen molar-refractivity contribution in [1.82, 2.24) is 4.90 Å². The Kier molecular flexibility index (Phi) is 13.3. The molecule has 0 aromatic heterocycles.